The van der Waals surface area contributed by atoms with Gasteiger partial charge >= 0.3 is 6.18 Å². The van der Waals surface area contributed by atoms with E-state index in [9.17, 15) is 22.4 Å². The fraction of sp³-hybridized carbons (Fsp3) is 0.188. The summed E-state index contributed by atoms with van der Waals surface area (Å²) >= 11 is 0. The molecule has 0 aliphatic heterocycles. The molecule has 2 rings (SSSR count). The third-order valence-electron chi connectivity index (χ3n) is 3.17. The largest absolute Gasteiger partial charge is 0.496 e. The number of alkyl halides is 3. The van der Waals surface area contributed by atoms with E-state index < -0.39 is 23.5 Å². The van der Waals surface area contributed by atoms with Crippen molar-refractivity contribution in [3.63, 3.8) is 0 Å². The average Bonchev–Trinajstić information content (AvgIpc) is 2.52. The first-order valence-corrected chi connectivity index (χ1v) is 6.59. The lowest BCUT2D eigenvalue weighted by Crippen LogP contribution is -2.25. The Morgan fingerprint density at radius 2 is 1.87 bits per heavy atom. The molecular formula is C16H13F4NO2. The molecule has 0 saturated heterocycles. The lowest BCUT2D eigenvalue weighted by molar-refractivity contribution is -0.138. The molecule has 0 radical (unpaired) electrons. The molecule has 1 amide bonds. The maximum Gasteiger partial charge on any atom is 0.416 e. The summed E-state index contributed by atoms with van der Waals surface area (Å²) in [5, 5.41) is 2.38. The van der Waals surface area contributed by atoms with Crippen LogP contribution in [0.25, 0.3) is 0 Å². The number of ether oxygens (including phenoxy) is 1. The smallest absolute Gasteiger partial charge is 0.416 e. The highest BCUT2D eigenvalue weighted by Crippen LogP contribution is 2.32. The van der Waals surface area contributed by atoms with E-state index in [2.05, 4.69) is 5.32 Å². The Morgan fingerprint density at radius 3 is 2.52 bits per heavy atom. The summed E-state index contributed by atoms with van der Waals surface area (Å²) in [6, 6.07) is 8.65. The molecule has 0 bridgehead atoms. The van der Waals surface area contributed by atoms with E-state index in [1.54, 1.807) is 18.2 Å². The molecule has 0 spiro atoms. The standard InChI is InChI=1S/C16H13F4NO2/c1-23-14-5-3-2-4-12(14)15(22)21-9-10-6-7-11(17)8-13(10)16(18,19)20/h2-8H,9H2,1H3,(H,21,22). The van der Waals surface area contributed by atoms with Crippen LogP contribution in [-0.2, 0) is 12.7 Å². The number of para-hydroxylation sites is 1. The average molecular weight is 327 g/mol. The van der Waals surface area contributed by atoms with Crippen molar-refractivity contribution < 1.29 is 27.1 Å². The Kier molecular flexibility index (Phi) is 4.88. The minimum Gasteiger partial charge on any atom is -0.496 e. The second-order valence-corrected chi connectivity index (χ2v) is 4.68. The molecule has 0 aromatic heterocycles. The fourth-order valence-electron chi connectivity index (χ4n) is 2.07. The fourth-order valence-corrected chi connectivity index (χ4v) is 2.07. The molecule has 0 saturated carbocycles. The first-order valence-electron chi connectivity index (χ1n) is 6.59. The van der Waals surface area contributed by atoms with Crippen LogP contribution in [-0.4, -0.2) is 13.0 Å². The number of halogens is 4. The minimum atomic E-state index is -4.70. The zero-order valence-corrected chi connectivity index (χ0v) is 12.1. The first-order chi connectivity index (χ1) is 10.8. The van der Waals surface area contributed by atoms with E-state index in [0.717, 1.165) is 12.1 Å². The van der Waals surface area contributed by atoms with Gasteiger partial charge in [-0.25, -0.2) is 4.39 Å². The lowest BCUT2D eigenvalue weighted by atomic mass is 10.1. The van der Waals surface area contributed by atoms with Crippen LogP contribution in [0.3, 0.4) is 0 Å². The van der Waals surface area contributed by atoms with Crippen molar-refractivity contribution in [1.29, 1.82) is 0 Å². The van der Waals surface area contributed by atoms with Crippen LogP contribution < -0.4 is 10.1 Å². The Bertz CT molecular complexity index is 713. The molecule has 122 valence electrons. The highest BCUT2D eigenvalue weighted by molar-refractivity contribution is 5.96. The summed E-state index contributed by atoms with van der Waals surface area (Å²) in [5.74, 6) is -1.27. The van der Waals surface area contributed by atoms with Crippen molar-refractivity contribution in [2.24, 2.45) is 0 Å². The van der Waals surface area contributed by atoms with Crippen molar-refractivity contribution in [2.75, 3.05) is 7.11 Å². The molecule has 2 aromatic carbocycles. The van der Waals surface area contributed by atoms with Crippen molar-refractivity contribution in [1.82, 2.24) is 5.32 Å². The first kappa shape index (κ1) is 16.8. The monoisotopic (exact) mass is 327 g/mol. The summed E-state index contributed by atoms with van der Waals surface area (Å²) in [6.45, 7) is -0.383. The normalized spacial score (nSPS) is 11.2. The van der Waals surface area contributed by atoms with Gasteiger partial charge in [-0.3, -0.25) is 4.79 Å². The molecule has 0 aliphatic carbocycles. The maximum absolute atomic E-state index is 13.0. The molecule has 23 heavy (non-hydrogen) atoms. The second kappa shape index (κ2) is 6.68. The second-order valence-electron chi connectivity index (χ2n) is 4.68. The van der Waals surface area contributed by atoms with E-state index in [0.29, 0.717) is 11.8 Å². The van der Waals surface area contributed by atoms with E-state index in [1.807, 2.05) is 0 Å². The van der Waals surface area contributed by atoms with Crippen LogP contribution in [0.4, 0.5) is 17.6 Å². The third kappa shape index (κ3) is 4.00. The van der Waals surface area contributed by atoms with E-state index in [1.165, 1.54) is 13.2 Å². The minimum absolute atomic E-state index is 0.200. The van der Waals surface area contributed by atoms with Gasteiger partial charge in [-0.1, -0.05) is 18.2 Å². The summed E-state index contributed by atoms with van der Waals surface area (Å²) in [7, 11) is 1.38. The van der Waals surface area contributed by atoms with E-state index in [4.69, 9.17) is 4.74 Å². The van der Waals surface area contributed by atoms with Gasteiger partial charge in [0.1, 0.15) is 11.6 Å². The number of hydrogen-bond acceptors (Lipinski definition) is 2. The lowest BCUT2D eigenvalue weighted by Gasteiger charge is -2.14. The van der Waals surface area contributed by atoms with Gasteiger partial charge in [-0.2, -0.15) is 13.2 Å². The molecule has 0 unspecified atom stereocenters. The van der Waals surface area contributed by atoms with Crippen LogP contribution in [0.2, 0.25) is 0 Å². The van der Waals surface area contributed by atoms with Crippen LogP contribution in [0.15, 0.2) is 42.5 Å². The maximum atomic E-state index is 13.0. The zero-order valence-electron chi connectivity index (χ0n) is 12.1. The summed E-state index contributed by atoms with van der Waals surface area (Å²) in [4.78, 5) is 12.1. The van der Waals surface area contributed by atoms with Crippen LogP contribution >= 0.6 is 0 Å². The molecule has 0 fully saturated rings. The van der Waals surface area contributed by atoms with Crippen molar-refractivity contribution in [3.8, 4) is 5.75 Å². The SMILES string of the molecule is COc1ccccc1C(=O)NCc1ccc(F)cc1C(F)(F)F. The molecule has 0 atom stereocenters. The Morgan fingerprint density at radius 1 is 1.17 bits per heavy atom. The van der Waals surface area contributed by atoms with Gasteiger partial charge in [0.05, 0.1) is 18.2 Å². The third-order valence-corrected chi connectivity index (χ3v) is 3.17. The van der Waals surface area contributed by atoms with E-state index >= 15 is 0 Å². The molecule has 1 N–H and O–H groups in total. The predicted octanol–water partition coefficient (Wildman–Crippen LogP) is 3.78. The number of hydrogen-bond donors (Lipinski definition) is 1. The number of methoxy groups -OCH3 is 1. The number of benzene rings is 2. The van der Waals surface area contributed by atoms with Crippen LogP contribution in [0.5, 0.6) is 5.75 Å². The van der Waals surface area contributed by atoms with Crippen LogP contribution in [0.1, 0.15) is 21.5 Å². The molecule has 7 heteroatoms. The van der Waals surface area contributed by atoms with Crippen molar-refractivity contribution >= 4 is 5.91 Å². The zero-order chi connectivity index (χ0) is 17.0. The summed E-state index contributed by atoms with van der Waals surface area (Å²) < 4.78 is 56.7. The van der Waals surface area contributed by atoms with E-state index in [-0.39, 0.29) is 17.7 Å². The Balaban J connectivity index is 2.20. The van der Waals surface area contributed by atoms with Gasteiger partial charge in [0.2, 0.25) is 0 Å². The number of amides is 1. The molecule has 2 aromatic rings. The molecule has 0 heterocycles. The molecular weight excluding hydrogens is 314 g/mol. The van der Waals surface area contributed by atoms with Crippen LogP contribution in [0, 0.1) is 5.82 Å². The summed E-state index contributed by atoms with van der Waals surface area (Å²) in [5.41, 5.74) is -1.13. The van der Waals surface area contributed by atoms with Gasteiger partial charge in [0.25, 0.3) is 5.91 Å². The quantitative estimate of drug-likeness (QED) is 0.868. The highest BCUT2D eigenvalue weighted by atomic mass is 19.4. The highest BCUT2D eigenvalue weighted by Gasteiger charge is 2.33. The van der Waals surface area contributed by atoms with Crippen molar-refractivity contribution in [2.45, 2.75) is 12.7 Å². The number of nitrogens with one attached hydrogen (secondary N) is 1. The molecule has 0 aliphatic rings. The Labute approximate surface area is 129 Å². The topological polar surface area (TPSA) is 38.3 Å². The number of carbonyl (C=O) groups is 1. The van der Waals surface area contributed by atoms with Gasteiger partial charge in [-0.15, -0.1) is 0 Å². The number of carbonyl (C=O) groups excluding carboxylic acids is 1. The van der Waals surface area contributed by atoms with Gasteiger partial charge in [-0.05, 0) is 29.8 Å². The Hall–Kier alpha value is -2.57. The van der Waals surface area contributed by atoms with Crippen molar-refractivity contribution in [3.05, 3.63) is 65.0 Å². The number of rotatable bonds is 4. The predicted molar refractivity (Wildman–Crippen MR) is 75.6 cm³/mol. The summed E-state index contributed by atoms with van der Waals surface area (Å²) in [6.07, 6.45) is -4.70. The van der Waals surface area contributed by atoms with Gasteiger partial charge < -0.3 is 10.1 Å². The van der Waals surface area contributed by atoms with Gasteiger partial charge in [0.15, 0.2) is 0 Å². The van der Waals surface area contributed by atoms with Gasteiger partial charge in [0, 0.05) is 6.54 Å². The molecule has 3 nitrogen and oxygen atoms in total.